The first-order chi connectivity index (χ1) is 15.2. The van der Waals surface area contributed by atoms with Gasteiger partial charge in [-0.3, -0.25) is 4.90 Å². The van der Waals surface area contributed by atoms with E-state index in [1.54, 1.807) is 23.3 Å². The van der Waals surface area contributed by atoms with E-state index in [0.29, 0.717) is 18.6 Å². The molecule has 1 saturated heterocycles. The third-order valence-corrected chi connectivity index (χ3v) is 7.57. The van der Waals surface area contributed by atoms with E-state index < -0.39 is 0 Å². The van der Waals surface area contributed by atoms with Gasteiger partial charge in [0, 0.05) is 24.7 Å². The highest BCUT2D eigenvalue weighted by Gasteiger charge is 2.43. The Balaban J connectivity index is 1.03. The van der Waals surface area contributed by atoms with Crippen LogP contribution in [0.25, 0.3) is 0 Å². The molecule has 2 aromatic rings. The maximum absolute atomic E-state index is 13.0. The Kier molecular flexibility index (Phi) is 5.95. The zero-order valence-electron chi connectivity index (χ0n) is 18.0. The van der Waals surface area contributed by atoms with Gasteiger partial charge >= 0.3 is 6.03 Å². The van der Waals surface area contributed by atoms with Crippen molar-refractivity contribution in [2.45, 2.75) is 69.6 Å². The molecule has 2 amide bonds. The molecule has 2 aromatic carbocycles. The van der Waals surface area contributed by atoms with Crippen LogP contribution < -0.4 is 10.6 Å². The number of nitrogens with zero attached hydrogens (tertiary/aromatic N) is 1. The summed E-state index contributed by atoms with van der Waals surface area (Å²) in [6, 6.07) is 16.7. The molecule has 5 heteroatoms. The van der Waals surface area contributed by atoms with E-state index >= 15 is 0 Å². The van der Waals surface area contributed by atoms with Crippen molar-refractivity contribution in [3.63, 3.8) is 0 Å². The van der Waals surface area contributed by atoms with Crippen LogP contribution in [0.4, 0.5) is 9.18 Å². The SMILES string of the molecule is O=C(NCc1ccc(F)cc1)NC1CCC(CCN2C3CCC2c2ccccc23)CC1. The quantitative estimate of drug-likeness (QED) is 0.650. The third-order valence-electron chi connectivity index (χ3n) is 7.57. The van der Waals surface area contributed by atoms with Crippen LogP contribution in [0.5, 0.6) is 0 Å². The Morgan fingerprint density at radius 3 is 2.19 bits per heavy atom. The van der Waals surface area contributed by atoms with Gasteiger partial charge in [-0.1, -0.05) is 36.4 Å². The van der Waals surface area contributed by atoms with Crippen molar-refractivity contribution in [1.29, 1.82) is 0 Å². The predicted molar refractivity (Wildman–Crippen MR) is 120 cm³/mol. The number of fused-ring (bicyclic) bond motifs is 5. The number of hydrogen-bond acceptors (Lipinski definition) is 2. The molecule has 1 saturated carbocycles. The average Bonchev–Trinajstić information content (AvgIpc) is 3.34. The molecule has 4 nitrogen and oxygen atoms in total. The number of hydrogen-bond donors (Lipinski definition) is 2. The number of halogens is 1. The van der Waals surface area contributed by atoms with Gasteiger partial charge in [0.25, 0.3) is 0 Å². The van der Waals surface area contributed by atoms with Crippen LogP contribution in [0, 0.1) is 11.7 Å². The molecule has 5 rings (SSSR count). The van der Waals surface area contributed by atoms with Crippen molar-refractivity contribution in [2.75, 3.05) is 6.54 Å². The van der Waals surface area contributed by atoms with E-state index in [0.717, 1.165) is 24.3 Å². The van der Waals surface area contributed by atoms with Crippen LogP contribution in [-0.2, 0) is 6.54 Å². The first-order valence-electron chi connectivity index (χ1n) is 11.8. The van der Waals surface area contributed by atoms with Crippen molar-refractivity contribution < 1.29 is 9.18 Å². The first kappa shape index (κ1) is 20.5. The summed E-state index contributed by atoms with van der Waals surface area (Å²) in [7, 11) is 0. The van der Waals surface area contributed by atoms with Crippen molar-refractivity contribution >= 4 is 6.03 Å². The van der Waals surface area contributed by atoms with Crippen molar-refractivity contribution in [1.82, 2.24) is 15.5 Å². The summed E-state index contributed by atoms with van der Waals surface area (Å²) in [5.41, 5.74) is 4.04. The second-order valence-electron chi connectivity index (χ2n) is 9.44. The fraction of sp³-hybridized carbons (Fsp3) is 0.500. The molecule has 2 aliphatic heterocycles. The van der Waals surface area contributed by atoms with E-state index in [1.807, 2.05) is 0 Å². The molecule has 164 valence electrons. The zero-order chi connectivity index (χ0) is 21.2. The van der Waals surface area contributed by atoms with E-state index in [1.165, 1.54) is 50.8 Å². The van der Waals surface area contributed by atoms with Gasteiger partial charge in [0.05, 0.1) is 0 Å². The summed E-state index contributed by atoms with van der Waals surface area (Å²) in [5.74, 6) is 0.510. The highest BCUT2D eigenvalue weighted by atomic mass is 19.1. The molecular weight excluding hydrogens is 389 g/mol. The average molecular weight is 422 g/mol. The maximum atomic E-state index is 13.0. The fourth-order valence-electron chi connectivity index (χ4n) is 5.91. The van der Waals surface area contributed by atoms with E-state index in [-0.39, 0.29) is 17.9 Å². The van der Waals surface area contributed by atoms with Crippen LogP contribution >= 0.6 is 0 Å². The number of carbonyl (C=O) groups is 1. The molecule has 2 N–H and O–H groups in total. The molecule has 0 aromatic heterocycles. The third kappa shape index (κ3) is 4.47. The molecular formula is C26H32FN3O. The van der Waals surface area contributed by atoms with Crippen molar-refractivity contribution in [2.24, 2.45) is 5.92 Å². The van der Waals surface area contributed by atoms with E-state index in [9.17, 15) is 9.18 Å². The van der Waals surface area contributed by atoms with Gasteiger partial charge in [-0.25, -0.2) is 9.18 Å². The van der Waals surface area contributed by atoms with Crippen molar-refractivity contribution in [3.05, 3.63) is 71.0 Å². The molecule has 2 bridgehead atoms. The molecule has 31 heavy (non-hydrogen) atoms. The van der Waals surface area contributed by atoms with Crippen molar-refractivity contribution in [3.8, 4) is 0 Å². The van der Waals surface area contributed by atoms with Crippen LogP contribution in [-0.4, -0.2) is 23.5 Å². The van der Waals surface area contributed by atoms with Gasteiger partial charge in [0.2, 0.25) is 0 Å². The van der Waals surface area contributed by atoms with Gasteiger partial charge in [0.15, 0.2) is 0 Å². The van der Waals surface area contributed by atoms with E-state index in [2.05, 4.69) is 39.8 Å². The number of benzene rings is 2. The molecule has 0 spiro atoms. The monoisotopic (exact) mass is 421 g/mol. The lowest BCUT2D eigenvalue weighted by Gasteiger charge is -2.31. The highest BCUT2D eigenvalue weighted by Crippen LogP contribution is 2.53. The number of rotatable bonds is 6. The lowest BCUT2D eigenvalue weighted by atomic mass is 9.84. The number of carbonyl (C=O) groups excluding carboxylic acids is 1. The molecule has 2 fully saturated rings. The minimum Gasteiger partial charge on any atom is -0.335 e. The summed E-state index contributed by atoms with van der Waals surface area (Å²) in [4.78, 5) is 15.0. The summed E-state index contributed by atoms with van der Waals surface area (Å²) in [6.07, 6.45) is 8.39. The maximum Gasteiger partial charge on any atom is 0.315 e. The van der Waals surface area contributed by atoms with Gasteiger partial charge in [-0.05, 0) is 86.2 Å². The fourth-order valence-corrected chi connectivity index (χ4v) is 5.91. The number of urea groups is 1. The molecule has 2 unspecified atom stereocenters. The lowest BCUT2D eigenvalue weighted by Crippen LogP contribution is -2.43. The molecule has 3 aliphatic rings. The van der Waals surface area contributed by atoms with Crippen LogP contribution in [0.3, 0.4) is 0 Å². The van der Waals surface area contributed by atoms with Crippen LogP contribution in [0.15, 0.2) is 48.5 Å². The summed E-state index contributed by atoms with van der Waals surface area (Å²) in [5, 5.41) is 6.01. The first-order valence-corrected chi connectivity index (χ1v) is 11.8. The standard InChI is InChI=1S/C26H32FN3O/c27-20-9-5-19(6-10-20)17-28-26(31)29-21-11-7-18(8-12-21)15-16-30-24-13-14-25(30)23-4-2-1-3-22(23)24/h1-6,9-10,18,21,24-25H,7-8,11-17H2,(H2,28,29,31). The molecule has 2 atom stereocenters. The second-order valence-corrected chi connectivity index (χ2v) is 9.44. The van der Waals surface area contributed by atoms with Crippen LogP contribution in [0.2, 0.25) is 0 Å². The Labute approximate surface area is 184 Å². The zero-order valence-corrected chi connectivity index (χ0v) is 18.0. The Bertz CT molecular complexity index is 876. The molecule has 2 heterocycles. The largest absolute Gasteiger partial charge is 0.335 e. The Hall–Kier alpha value is -2.40. The predicted octanol–water partition coefficient (Wildman–Crippen LogP) is 5.47. The number of nitrogens with one attached hydrogen (secondary N) is 2. The topological polar surface area (TPSA) is 44.4 Å². The van der Waals surface area contributed by atoms with E-state index in [4.69, 9.17) is 0 Å². The smallest absolute Gasteiger partial charge is 0.315 e. The van der Waals surface area contributed by atoms with Gasteiger partial charge in [0.1, 0.15) is 5.82 Å². The lowest BCUT2D eigenvalue weighted by molar-refractivity contribution is 0.185. The normalized spacial score (nSPS) is 27.1. The Morgan fingerprint density at radius 2 is 1.55 bits per heavy atom. The number of amides is 2. The summed E-state index contributed by atoms with van der Waals surface area (Å²) >= 11 is 0. The highest BCUT2D eigenvalue weighted by molar-refractivity contribution is 5.74. The van der Waals surface area contributed by atoms with Gasteiger partial charge in [-0.15, -0.1) is 0 Å². The molecule has 0 radical (unpaired) electrons. The van der Waals surface area contributed by atoms with Gasteiger partial charge in [-0.2, -0.15) is 0 Å². The Morgan fingerprint density at radius 1 is 0.903 bits per heavy atom. The summed E-state index contributed by atoms with van der Waals surface area (Å²) in [6.45, 7) is 1.62. The minimum atomic E-state index is -0.258. The minimum absolute atomic E-state index is 0.126. The summed E-state index contributed by atoms with van der Waals surface area (Å²) < 4.78 is 13.0. The molecule has 1 aliphatic carbocycles. The van der Waals surface area contributed by atoms with Crippen LogP contribution in [0.1, 0.15) is 73.7 Å². The van der Waals surface area contributed by atoms with Gasteiger partial charge < -0.3 is 10.6 Å². The second kappa shape index (κ2) is 8.99.